The Morgan fingerprint density at radius 3 is 2.90 bits per heavy atom. The fourth-order valence-electron chi connectivity index (χ4n) is 4.10. The highest BCUT2D eigenvalue weighted by molar-refractivity contribution is 5.87. The minimum atomic E-state index is -0.158. The monoisotopic (exact) mass is 411 g/mol. The number of amides is 1. The molecule has 3 aromatic rings. The number of likely N-dealkylation sites (N-methyl/N-ethyl adjacent to an activating group) is 1. The van der Waals surface area contributed by atoms with Crippen molar-refractivity contribution in [2.24, 2.45) is 7.05 Å². The van der Waals surface area contributed by atoms with Gasteiger partial charge in [0, 0.05) is 44.8 Å². The molecule has 3 aromatic heterocycles. The molecule has 0 radical (unpaired) electrons. The smallest absolute Gasteiger partial charge is 0.334 e. The fraction of sp³-hybridized carbons (Fsp3) is 0.400. The van der Waals surface area contributed by atoms with Crippen LogP contribution in [0.15, 0.2) is 42.2 Å². The molecule has 10 nitrogen and oxygen atoms in total. The molecule has 1 aliphatic rings. The number of carbonyl (C=O) groups excluding carboxylic acids is 1. The molecule has 1 aliphatic carbocycles. The molecule has 0 bridgehead atoms. The van der Waals surface area contributed by atoms with E-state index < -0.39 is 0 Å². The number of fused-ring (bicyclic) bond motifs is 1. The summed E-state index contributed by atoms with van der Waals surface area (Å²) in [5.41, 5.74) is 1.71. The molecule has 30 heavy (non-hydrogen) atoms. The van der Waals surface area contributed by atoms with Crippen LogP contribution in [0.3, 0.4) is 0 Å². The summed E-state index contributed by atoms with van der Waals surface area (Å²) in [7, 11) is 5.14. The molecule has 0 spiro atoms. The van der Waals surface area contributed by atoms with E-state index in [9.17, 15) is 9.59 Å². The van der Waals surface area contributed by atoms with Gasteiger partial charge in [0.15, 0.2) is 5.65 Å². The second-order valence-corrected chi connectivity index (χ2v) is 7.48. The van der Waals surface area contributed by atoms with Crippen LogP contribution in [-0.4, -0.2) is 54.7 Å². The minimum absolute atomic E-state index is 0.0225. The largest absolute Gasteiger partial charge is 0.478 e. The summed E-state index contributed by atoms with van der Waals surface area (Å²) in [6.45, 7) is 3.56. The summed E-state index contributed by atoms with van der Waals surface area (Å²) in [4.78, 5) is 31.1. The molecule has 2 unspecified atom stereocenters. The number of imidazole rings is 1. The van der Waals surface area contributed by atoms with Gasteiger partial charge in [-0.15, -0.1) is 5.10 Å². The molecule has 0 aromatic carbocycles. The molecule has 10 heteroatoms. The molecular weight excluding hydrogens is 386 g/mol. The van der Waals surface area contributed by atoms with Gasteiger partial charge < -0.3 is 15.0 Å². The van der Waals surface area contributed by atoms with Gasteiger partial charge in [-0.1, -0.05) is 6.58 Å². The first-order valence-electron chi connectivity index (χ1n) is 9.75. The number of methoxy groups -OCH3 is 1. The van der Waals surface area contributed by atoms with Gasteiger partial charge in [0.25, 0.3) is 5.88 Å². The van der Waals surface area contributed by atoms with E-state index in [-0.39, 0.29) is 23.7 Å². The van der Waals surface area contributed by atoms with Gasteiger partial charge in [0.05, 0.1) is 19.0 Å². The van der Waals surface area contributed by atoms with Crippen LogP contribution >= 0.6 is 0 Å². The predicted molar refractivity (Wildman–Crippen MR) is 112 cm³/mol. The average molecular weight is 411 g/mol. The molecular formula is C20H25N7O3. The van der Waals surface area contributed by atoms with E-state index in [1.165, 1.54) is 10.5 Å². The summed E-state index contributed by atoms with van der Waals surface area (Å²) in [6, 6.07) is 0.0476. The van der Waals surface area contributed by atoms with E-state index in [1.54, 1.807) is 60.1 Å². The topological polar surface area (TPSA) is 98.7 Å². The number of carbonyl (C=O) groups is 1. The molecule has 1 N–H and O–H groups in total. The van der Waals surface area contributed by atoms with Crippen LogP contribution in [0.1, 0.15) is 25.3 Å². The number of hydrogen-bond acceptors (Lipinski definition) is 6. The van der Waals surface area contributed by atoms with Crippen LogP contribution in [0.5, 0.6) is 5.88 Å². The first kappa shape index (κ1) is 19.7. The number of aryl methyl sites for hydroxylation is 1. The number of rotatable bonds is 6. The van der Waals surface area contributed by atoms with Crippen LogP contribution in [-0.2, 0) is 11.8 Å². The Labute approximate surface area is 173 Å². The Hall–Kier alpha value is -3.56. The molecule has 1 amide bonds. The van der Waals surface area contributed by atoms with Gasteiger partial charge in [0.2, 0.25) is 5.91 Å². The maximum Gasteiger partial charge on any atom is 0.334 e. The lowest BCUT2D eigenvalue weighted by Crippen LogP contribution is -2.35. The van der Waals surface area contributed by atoms with Gasteiger partial charge in [-0.2, -0.15) is 0 Å². The third-order valence-corrected chi connectivity index (χ3v) is 5.68. The summed E-state index contributed by atoms with van der Waals surface area (Å²) >= 11 is 0. The maximum atomic E-state index is 13.1. The molecule has 1 saturated carbocycles. The Kier molecular flexibility index (Phi) is 5.06. The van der Waals surface area contributed by atoms with E-state index in [0.717, 1.165) is 12.8 Å². The highest BCUT2D eigenvalue weighted by Gasteiger charge is 2.31. The van der Waals surface area contributed by atoms with Crippen molar-refractivity contribution in [3.63, 3.8) is 0 Å². The normalized spacial score (nSPS) is 18.5. The quantitative estimate of drug-likeness (QED) is 0.620. The zero-order chi connectivity index (χ0) is 21.4. The number of anilines is 2. The number of nitrogens with zero attached hydrogens (tertiary/aromatic N) is 6. The molecule has 0 aliphatic heterocycles. The number of nitrogens with one attached hydrogen (secondary N) is 1. The summed E-state index contributed by atoms with van der Waals surface area (Å²) in [6.07, 6.45) is 10.5. The van der Waals surface area contributed by atoms with E-state index in [0.29, 0.717) is 29.3 Å². The van der Waals surface area contributed by atoms with Crippen molar-refractivity contribution in [1.29, 1.82) is 0 Å². The van der Waals surface area contributed by atoms with Crippen LogP contribution in [0.4, 0.5) is 11.4 Å². The molecule has 0 saturated heterocycles. The van der Waals surface area contributed by atoms with Crippen molar-refractivity contribution in [2.45, 2.75) is 31.3 Å². The molecule has 2 atom stereocenters. The first-order valence-corrected chi connectivity index (χ1v) is 9.75. The zero-order valence-electron chi connectivity index (χ0n) is 17.3. The van der Waals surface area contributed by atoms with Crippen molar-refractivity contribution in [3.05, 3.63) is 47.9 Å². The van der Waals surface area contributed by atoms with Crippen molar-refractivity contribution in [1.82, 2.24) is 28.6 Å². The Balaban J connectivity index is 1.70. The van der Waals surface area contributed by atoms with Crippen molar-refractivity contribution < 1.29 is 9.53 Å². The van der Waals surface area contributed by atoms with Gasteiger partial charge >= 0.3 is 5.69 Å². The molecule has 1 fully saturated rings. The predicted octanol–water partition coefficient (Wildman–Crippen LogP) is 1.72. The zero-order valence-corrected chi connectivity index (χ0v) is 17.3. The highest BCUT2D eigenvalue weighted by atomic mass is 16.5. The van der Waals surface area contributed by atoms with E-state index in [1.807, 2.05) is 0 Å². The number of aromatic nitrogens is 5. The molecule has 3 heterocycles. The van der Waals surface area contributed by atoms with Crippen LogP contribution in [0.2, 0.25) is 0 Å². The summed E-state index contributed by atoms with van der Waals surface area (Å²) in [5.74, 6) is 0.342. The number of hydrogen-bond donors (Lipinski definition) is 1. The molecule has 4 rings (SSSR count). The second kappa shape index (κ2) is 7.69. The first-order chi connectivity index (χ1) is 14.4. The van der Waals surface area contributed by atoms with Gasteiger partial charge in [-0.25, -0.2) is 14.2 Å². The lowest BCUT2D eigenvalue weighted by molar-refractivity contribution is -0.126. The third kappa shape index (κ3) is 3.34. The van der Waals surface area contributed by atoms with Gasteiger partial charge in [0.1, 0.15) is 5.69 Å². The van der Waals surface area contributed by atoms with Crippen LogP contribution < -0.4 is 15.7 Å². The van der Waals surface area contributed by atoms with E-state index >= 15 is 0 Å². The third-order valence-electron chi connectivity index (χ3n) is 5.68. The fourth-order valence-corrected chi connectivity index (χ4v) is 4.10. The van der Waals surface area contributed by atoms with Crippen molar-refractivity contribution in [3.8, 4) is 5.88 Å². The lowest BCUT2D eigenvalue weighted by atomic mass is 10.2. The van der Waals surface area contributed by atoms with E-state index in [4.69, 9.17) is 4.74 Å². The number of ether oxygens (including phenoxy) is 1. The average Bonchev–Trinajstić information content (AvgIpc) is 3.48. The summed E-state index contributed by atoms with van der Waals surface area (Å²) < 4.78 is 10.2. The standard InChI is InChI=1S/C20H25N7O3/c1-5-17(28)25(3)13-6-7-14(10-13)27-12-15(18-21-8-9-26(18)20(27)29)22-16-11-24(2)23-19(16)30-4/h5,8-9,11-14,22H,1,6-7,10H2,2-4H3. The maximum absolute atomic E-state index is 13.1. The van der Waals surface area contributed by atoms with Crippen LogP contribution in [0.25, 0.3) is 5.65 Å². The SMILES string of the molecule is C=CC(=O)N(C)C1CCC(n2cc(Nc3cn(C)nc3OC)c3nccn3c2=O)C1. The van der Waals surface area contributed by atoms with Crippen molar-refractivity contribution in [2.75, 3.05) is 19.5 Å². The van der Waals surface area contributed by atoms with E-state index in [2.05, 4.69) is 22.0 Å². The Morgan fingerprint density at radius 1 is 1.37 bits per heavy atom. The lowest BCUT2D eigenvalue weighted by Gasteiger charge is -2.23. The highest BCUT2D eigenvalue weighted by Crippen LogP contribution is 2.33. The second-order valence-electron chi connectivity index (χ2n) is 7.48. The Morgan fingerprint density at radius 2 is 2.17 bits per heavy atom. The van der Waals surface area contributed by atoms with Gasteiger partial charge in [-0.3, -0.25) is 14.0 Å². The summed E-state index contributed by atoms with van der Waals surface area (Å²) in [5, 5.41) is 7.55. The Bertz CT molecular complexity index is 1160. The van der Waals surface area contributed by atoms with Crippen LogP contribution in [0, 0.1) is 0 Å². The molecule has 158 valence electrons. The van der Waals surface area contributed by atoms with Crippen molar-refractivity contribution >= 4 is 22.9 Å². The minimum Gasteiger partial charge on any atom is -0.478 e. The van der Waals surface area contributed by atoms with Gasteiger partial charge in [-0.05, 0) is 25.3 Å².